The minimum absolute atomic E-state index is 0.145. The molecule has 5 nitrogen and oxygen atoms in total. The van der Waals surface area contributed by atoms with Gasteiger partial charge in [0.1, 0.15) is 0 Å². The van der Waals surface area contributed by atoms with E-state index in [9.17, 15) is 14.7 Å². The Hall–Kier alpha value is -2.21. The van der Waals surface area contributed by atoms with Crippen LogP contribution in [0.4, 0.5) is 5.13 Å². The summed E-state index contributed by atoms with van der Waals surface area (Å²) in [7, 11) is 0. The maximum atomic E-state index is 12.9. The van der Waals surface area contributed by atoms with Gasteiger partial charge in [-0.1, -0.05) is 17.7 Å². The molecule has 4 atom stereocenters. The maximum Gasteiger partial charge on any atom is 0.307 e. The number of aryl methyl sites for hydroxylation is 3. The Morgan fingerprint density at radius 2 is 1.85 bits per heavy atom. The highest BCUT2D eigenvalue weighted by atomic mass is 32.1. The average molecular weight is 385 g/mol. The first-order valence-corrected chi connectivity index (χ1v) is 10.3. The number of amides is 1. The number of anilines is 1. The number of aliphatic carboxylic acids is 1. The molecule has 0 saturated heterocycles. The first-order chi connectivity index (χ1) is 12.8. The normalized spacial score (nSPS) is 26.3. The van der Waals surface area contributed by atoms with Gasteiger partial charge < -0.3 is 10.4 Å². The summed E-state index contributed by atoms with van der Waals surface area (Å²) < 4.78 is 0. The van der Waals surface area contributed by atoms with Gasteiger partial charge in [0.25, 0.3) is 0 Å². The van der Waals surface area contributed by atoms with Gasteiger partial charge in [-0.05, 0) is 63.5 Å². The summed E-state index contributed by atoms with van der Waals surface area (Å²) in [5, 5.41) is 13.1. The molecule has 27 heavy (non-hydrogen) atoms. The summed E-state index contributed by atoms with van der Waals surface area (Å²) in [6.07, 6.45) is 2.75. The van der Waals surface area contributed by atoms with Crippen molar-refractivity contribution in [3.8, 4) is 11.3 Å². The number of benzene rings is 1. The molecule has 1 aromatic heterocycles. The lowest BCUT2D eigenvalue weighted by molar-refractivity contribution is -0.148. The summed E-state index contributed by atoms with van der Waals surface area (Å²) in [6.45, 7) is 6.11. The van der Waals surface area contributed by atoms with Crippen LogP contribution in [0.3, 0.4) is 0 Å². The Labute approximate surface area is 162 Å². The van der Waals surface area contributed by atoms with E-state index in [-0.39, 0.29) is 17.7 Å². The van der Waals surface area contributed by atoms with E-state index in [4.69, 9.17) is 0 Å². The van der Waals surface area contributed by atoms with Crippen LogP contribution in [0.2, 0.25) is 0 Å². The number of carboxylic acid groups (broad SMARTS) is 1. The van der Waals surface area contributed by atoms with Crippen molar-refractivity contribution in [2.75, 3.05) is 5.32 Å². The molecule has 2 N–H and O–H groups in total. The van der Waals surface area contributed by atoms with Gasteiger partial charge >= 0.3 is 5.97 Å². The zero-order chi connectivity index (χ0) is 19.3. The number of carbonyl (C=O) groups excluding carboxylic acids is 1. The lowest BCUT2D eigenvalue weighted by atomic mass is 9.79. The number of carboxylic acids is 1. The third-order valence-corrected chi connectivity index (χ3v) is 7.07. The third kappa shape index (κ3) is 3.16. The van der Waals surface area contributed by atoms with Crippen LogP contribution >= 0.6 is 11.3 Å². The van der Waals surface area contributed by atoms with Gasteiger partial charge in [0.05, 0.1) is 17.5 Å². The molecule has 2 aliphatic carbocycles. The molecule has 0 radical (unpaired) electrons. The Bertz CT molecular complexity index is 920. The summed E-state index contributed by atoms with van der Waals surface area (Å²) in [5.74, 6) is -1.68. The summed E-state index contributed by atoms with van der Waals surface area (Å²) in [4.78, 5) is 30.3. The average Bonchev–Trinajstić information content (AvgIpc) is 3.31. The molecule has 2 bridgehead atoms. The van der Waals surface area contributed by atoms with E-state index < -0.39 is 17.8 Å². The molecule has 0 aliphatic heterocycles. The van der Waals surface area contributed by atoms with Crippen molar-refractivity contribution in [3.05, 3.63) is 34.2 Å². The van der Waals surface area contributed by atoms with E-state index in [1.807, 2.05) is 6.92 Å². The lowest BCUT2D eigenvalue weighted by Crippen LogP contribution is -2.37. The second-order valence-electron chi connectivity index (χ2n) is 7.95. The maximum absolute atomic E-state index is 12.9. The van der Waals surface area contributed by atoms with E-state index in [1.165, 1.54) is 16.9 Å². The zero-order valence-corrected chi connectivity index (χ0v) is 16.6. The van der Waals surface area contributed by atoms with Gasteiger partial charge in [-0.2, -0.15) is 0 Å². The number of nitrogens with zero attached hydrogens (tertiary/aromatic N) is 1. The third-order valence-electron chi connectivity index (χ3n) is 6.18. The molecule has 0 spiro atoms. The molecule has 0 unspecified atom stereocenters. The number of hydrogen-bond acceptors (Lipinski definition) is 4. The fourth-order valence-corrected chi connectivity index (χ4v) is 5.73. The first-order valence-electron chi connectivity index (χ1n) is 9.44. The monoisotopic (exact) mass is 384 g/mol. The predicted octanol–water partition coefficient (Wildman–Crippen LogP) is 4.42. The molecule has 2 aromatic rings. The molecular weight excluding hydrogens is 360 g/mol. The van der Waals surface area contributed by atoms with Crippen LogP contribution in [0.5, 0.6) is 0 Å². The fourth-order valence-electron chi connectivity index (χ4n) is 4.90. The van der Waals surface area contributed by atoms with Gasteiger partial charge in [0.15, 0.2) is 5.13 Å². The van der Waals surface area contributed by atoms with Crippen LogP contribution in [0.25, 0.3) is 11.3 Å². The SMILES string of the molecule is Cc1ccc(C)c(-c2nc(NC(=O)[C@@H]3[C@@H]4CC[C@@H](C4)[C@@H]3C(=O)O)sc2C)c1. The quantitative estimate of drug-likeness (QED) is 0.818. The number of thiazole rings is 1. The van der Waals surface area contributed by atoms with Crippen molar-refractivity contribution in [1.82, 2.24) is 4.98 Å². The molecule has 1 aromatic carbocycles. The van der Waals surface area contributed by atoms with E-state index in [2.05, 4.69) is 42.3 Å². The first kappa shape index (κ1) is 18.2. The van der Waals surface area contributed by atoms with Crippen molar-refractivity contribution in [2.24, 2.45) is 23.7 Å². The van der Waals surface area contributed by atoms with Crippen LogP contribution < -0.4 is 5.32 Å². The van der Waals surface area contributed by atoms with E-state index in [1.54, 1.807) is 0 Å². The number of fused-ring (bicyclic) bond motifs is 2. The molecule has 2 saturated carbocycles. The number of carbonyl (C=O) groups is 2. The fraction of sp³-hybridized carbons (Fsp3) is 0.476. The van der Waals surface area contributed by atoms with Gasteiger partial charge in [-0.25, -0.2) is 4.98 Å². The Morgan fingerprint density at radius 3 is 2.56 bits per heavy atom. The van der Waals surface area contributed by atoms with Crippen LogP contribution in [0.1, 0.15) is 35.3 Å². The molecule has 1 amide bonds. The largest absolute Gasteiger partial charge is 0.481 e. The number of hydrogen-bond donors (Lipinski definition) is 2. The standard InChI is InChI=1S/C21H24N2O3S/c1-10-4-5-11(2)15(8-10)18-12(3)27-21(22-18)23-19(24)16-13-6-7-14(9-13)17(16)20(25)26/h4-5,8,13-14,16-17H,6-7,9H2,1-3H3,(H,25,26)(H,22,23,24)/t13-,14+,16-,17+/m1/s1. The summed E-state index contributed by atoms with van der Waals surface area (Å²) >= 11 is 1.45. The highest BCUT2D eigenvalue weighted by Gasteiger charge is 2.54. The second-order valence-corrected chi connectivity index (χ2v) is 9.16. The van der Waals surface area contributed by atoms with Gasteiger partial charge in [0, 0.05) is 10.4 Å². The van der Waals surface area contributed by atoms with Crippen LogP contribution in [-0.2, 0) is 9.59 Å². The van der Waals surface area contributed by atoms with Crippen LogP contribution in [0, 0.1) is 44.4 Å². The summed E-state index contributed by atoms with van der Waals surface area (Å²) in [6, 6.07) is 6.26. The molecule has 2 aliphatic rings. The summed E-state index contributed by atoms with van der Waals surface area (Å²) in [5.41, 5.74) is 4.28. The van der Waals surface area contributed by atoms with Gasteiger partial charge in [-0.15, -0.1) is 11.3 Å². The van der Waals surface area contributed by atoms with Crippen molar-refractivity contribution in [1.29, 1.82) is 0 Å². The topological polar surface area (TPSA) is 79.3 Å². The minimum Gasteiger partial charge on any atom is -0.481 e. The highest BCUT2D eigenvalue weighted by molar-refractivity contribution is 7.16. The van der Waals surface area contributed by atoms with Crippen molar-refractivity contribution in [2.45, 2.75) is 40.0 Å². The molecule has 6 heteroatoms. The van der Waals surface area contributed by atoms with Crippen molar-refractivity contribution < 1.29 is 14.7 Å². The number of nitrogens with one attached hydrogen (secondary N) is 1. The smallest absolute Gasteiger partial charge is 0.307 e. The van der Waals surface area contributed by atoms with Gasteiger partial charge in [0.2, 0.25) is 5.91 Å². The molecular formula is C21H24N2O3S. The zero-order valence-electron chi connectivity index (χ0n) is 15.8. The minimum atomic E-state index is -0.839. The molecule has 4 rings (SSSR count). The number of rotatable bonds is 4. The van der Waals surface area contributed by atoms with Crippen LogP contribution in [0.15, 0.2) is 18.2 Å². The Kier molecular flexibility index (Phi) is 4.54. The van der Waals surface area contributed by atoms with Crippen molar-refractivity contribution >= 4 is 28.3 Å². The van der Waals surface area contributed by atoms with Crippen molar-refractivity contribution in [3.63, 3.8) is 0 Å². The molecule has 2 fully saturated rings. The van der Waals surface area contributed by atoms with Crippen LogP contribution in [-0.4, -0.2) is 22.0 Å². The van der Waals surface area contributed by atoms with E-state index in [0.717, 1.165) is 41.0 Å². The molecule has 1 heterocycles. The lowest BCUT2D eigenvalue weighted by Gasteiger charge is -2.26. The van der Waals surface area contributed by atoms with E-state index >= 15 is 0 Å². The Morgan fingerprint density at radius 1 is 1.15 bits per heavy atom. The van der Waals surface area contributed by atoms with Gasteiger partial charge in [-0.3, -0.25) is 9.59 Å². The highest BCUT2D eigenvalue weighted by Crippen LogP contribution is 2.52. The molecule has 142 valence electrons. The number of aromatic nitrogens is 1. The predicted molar refractivity (Wildman–Crippen MR) is 106 cm³/mol. The second kappa shape index (κ2) is 6.75. The Balaban J connectivity index is 1.58. The van der Waals surface area contributed by atoms with E-state index in [0.29, 0.717) is 5.13 Å².